The maximum absolute atomic E-state index is 13.5. The highest BCUT2D eigenvalue weighted by Crippen LogP contribution is 2.43. The van der Waals surface area contributed by atoms with Crippen molar-refractivity contribution in [1.82, 2.24) is 0 Å². The van der Waals surface area contributed by atoms with Gasteiger partial charge < -0.3 is 14.6 Å². The zero-order valence-electron chi connectivity index (χ0n) is 22.1. The fraction of sp³-hybridized carbons (Fsp3) is 0.226. The van der Waals surface area contributed by atoms with Gasteiger partial charge in [-0.3, -0.25) is 19.3 Å². The minimum atomic E-state index is -1.03. The van der Waals surface area contributed by atoms with Gasteiger partial charge in [0, 0.05) is 18.2 Å². The van der Waals surface area contributed by atoms with E-state index in [1.165, 1.54) is 11.8 Å². The molecule has 1 N–H and O–H groups in total. The summed E-state index contributed by atoms with van der Waals surface area (Å²) in [6.07, 6.45) is 0. The van der Waals surface area contributed by atoms with E-state index in [1.807, 2.05) is 26.8 Å². The first kappa shape index (κ1) is 27.1. The lowest BCUT2D eigenvalue weighted by Crippen LogP contribution is -2.29. The molecule has 0 aliphatic carbocycles. The molecular weight excluding hydrogens is 496 g/mol. The summed E-state index contributed by atoms with van der Waals surface area (Å²) in [5.41, 5.74) is 2.31. The topological polar surface area (TPSA) is 117 Å². The highest BCUT2D eigenvalue weighted by atomic mass is 16.5. The van der Waals surface area contributed by atoms with Crippen molar-refractivity contribution in [1.29, 1.82) is 5.26 Å². The number of aliphatic hydroxyl groups is 1. The number of anilines is 1. The number of hydrogen-bond acceptors (Lipinski definition) is 7. The average molecular weight is 525 g/mol. The predicted octanol–water partition coefficient (Wildman–Crippen LogP) is 5.63. The van der Waals surface area contributed by atoms with Crippen molar-refractivity contribution in [3.63, 3.8) is 0 Å². The molecule has 0 bridgehead atoms. The zero-order valence-corrected chi connectivity index (χ0v) is 22.1. The number of amides is 1. The smallest absolute Gasteiger partial charge is 0.308 e. The lowest BCUT2D eigenvalue weighted by atomic mass is 9.93. The van der Waals surface area contributed by atoms with E-state index in [2.05, 4.69) is 0 Å². The number of benzene rings is 3. The first-order valence-corrected chi connectivity index (χ1v) is 12.5. The third-order valence-electron chi connectivity index (χ3n) is 6.36. The summed E-state index contributed by atoms with van der Waals surface area (Å²) in [5.74, 6) is -1.59. The molecule has 3 aromatic rings. The number of carbonyl (C=O) groups is 3. The Morgan fingerprint density at radius 2 is 1.79 bits per heavy atom. The van der Waals surface area contributed by atoms with Crippen LogP contribution in [-0.4, -0.2) is 29.4 Å². The van der Waals surface area contributed by atoms with E-state index in [-0.39, 0.29) is 23.0 Å². The molecule has 4 rings (SSSR count). The normalized spacial score (nSPS) is 16.3. The van der Waals surface area contributed by atoms with E-state index in [9.17, 15) is 24.8 Å². The van der Waals surface area contributed by atoms with Crippen LogP contribution in [0.1, 0.15) is 61.9 Å². The summed E-state index contributed by atoms with van der Waals surface area (Å²) >= 11 is 0. The van der Waals surface area contributed by atoms with Crippen LogP contribution in [0.25, 0.3) is 5.76 Å². The van der Waals surface area contributed by atoms with Gasteiger partial charge in [-0.1, -0.05) is 26.0 Å². The first-order valence-electron chi connectivity index (χ1n) is 12.5. The monoisotopic (exact) mass is 524 g/mol. The molecule has 0 aromatic heterocycles. The molecule has 1 amide bonds. The predicted molar refractivity (Wildman–Crippen MR) is 145 cm³/mol. The molecule has 8 heteroatoms. The van der Waals surface area contributed by atoms with E-state index in [1.54, 1.807) is 66.7 Å². The summed E-state index contributed by atoms with van der Waals surface area (Å²) in [4.78, 5) is 39.8. The lowest BCUT2D eigenvalue weighted by molar-refractivity contribution is -0.132. The second-order valence-electron chi connectivity index (χ2n) is 9.33. The Morgan fingerprint density at radius 1 is 1.08 bits per heavy atom. The molecule has 0 radical (unpaired) electrons. The van der Waals surface area contributed by atoms with E-state index >= 15 is 0 Å². The highest BCUT2D eigenvalue weighted by Gasteiger charge is 2.47. The second-order valence-corrected chi connectivity index (χ2v) is 9.33. The van der Waals surface area contributed by atoms with Crippen molar-refractivity contribution >= 4 is 29.1 Å². The van der Waals surface area contributed by atoms with Crippen LogP contribution in [-0.2, 0) is 14.4 Å². The van der Waals surface area contributed by atoms with Gasteiger partial charge in [-0.2, -0.15) is 5.26 Å². The minimum Gasteiger partial charge on any atom is -0.507 e. The zero-order chi connectivity index (χ0) is 28.3. The molecule has 1 atom stereocenters. The van der Waals surface area contributed by atoms with Crippen LogP contribution in [0.2, 0.25) is 0 Å². The lowest BCUT2D eigenvalue weighted by Gasteiger charge is -2.26. The van der Waals surface area contributed by atoms with Crippen LogP contribution in [0.4, 0.5) is 5.69 Å². The maximum atomic E-state index is 13.5. The Balaban J connectivity index is 1.94. The molecule has 39 heavy (non-hydrogen) atoms. The van der Waals surface area contributed by atoms with Gasteiger partial charge in [-0.05, 0) is 78.6 Å². The van der Waals surface area contributed by atoms with Crippen molar-refractivity contribution in [3.8, 4) is 17.6 Å². The quantitative estimate of drug-likeness (QED) is 0.140. The number of carbonyl (C=O) groups excluding carboxylic acids is 3. The van der Waals surface area contributed by atoms with Crippen molar-refractivity contribution in [2.75, 3.05) is 11.5 Å². The van der Waals surface area contributed by atoms with Gasteiger partial charge in [0.2, 0.25) is 0 Å². The number of Topliss-reactive ketones (excluding diaryl/α,β-unsaturated/α-hetero) is 1. The number of rotatable bonds is 7. The van der Waals surface area contributed by atoms with Crippen LogP contribution in [0.3, 0.4) is 0 Å². The van der Waals surface area contributed by atoms with Gasteiger partial charge >= 0.3 is 5.97 Å². The SMILES string of the molecule is CCOc1ccc(/C(O)=C2\C(=O)C(=O)N(c3ccc(C#N)cc3)C2c2cccc(OC(C)=O)c2)cc1C(C)C. The molecule has 0 spiro atoms. The largest absolute Gasteiger partial charge is 0.507 e. The van der Waals surface area contributed by atoms with Gasteiger partial charge in [-0.25, -0.2) is 0 Å². The van der Waals surface area contributed by atoms with Gasteiger partial charge in [0.05, 0.1) is 29.9 Å². The fourth-order valence-electron chi connectivity index (χ4n) is 4.61. The number of nitrogens with zero attached hydrogens (tertiary/aromatic N) is 2. The number of aliphatic hydroxyl groups excluding tert-OH is 1. The Kier molecular flexibility index (Phi) is 7.82. The molecule has 1 saturated heterocycles. The van der Waals surface area contributed by atoms with Crippen molar-refractivity contribution < 1.29 is 29.0 Å². The Morgan fingerprint density at radius 3 is 2.41 bits per heavy atom. The molecule has 0 saturated carbocycles. The number of ether oxygens (including phenoxy) is 2. The molecule has 1 aliphatic heterocycles. The van der Waals surface area contributed by atoms with Crippen LogP contribution in [0, 0.1) is 11.3 Å². The molecule has 3 aromatic carbocycles. The molecule has 1 aliphatic rings. The minimum absolute atomic E-state index is 0.0663. The Hall–Kier alpha value is -4.90. The van der Waals surface area contributed by atoms with E-state index in [0.29, 0.717) is 34.7 Å². The van der Waals surface area contributed by atoms with Crippen molar-refractivity contribution in [2.45, 2.75) is 39.7 Å². The van der Waals surface area contributed by atoms with Gasteiger partial charge in [0.25, 0.3) is 11.7 Å². The molecule has 1 fully saturated rings. The van der Waals surface area contributed by atoms with Crippen LogP contribution < -0.4 is 14.4 Å². The third-order valence-corrected chi connectivity index (χ3v) is 6.36. The molecule has 1 unspecified atom stereocenters. The summed E-state index contributed by atoms with van der Waals surface area (Å²) in [5, 5.41) is 20.7. The average Bonchev–Trinajstić information content (AvgIpc) is 3.18. The molecular formula is C31H28N2O6. The van der Waals surface area contributed by atoms with Gasteiger partial charge in [0.15, 0.2) is 0 Å². The van der Waals surface area contributed by atoms with E-state index in [0.717, 1.165) is 5.56 Å². The van der Waals surface area contributed by atoms with Crippen molar-refractivity contribution in [2.24, 2.45) is 0 Å². The van der Waals surface area contributed by atoms with E-state index < -0.39 is 23.7 Å². The van der Waals surface area contributed by atoms with E-state index in [4.69, 9.17) is 9.47 Å². The summed E-state index contributed by atoms with van der Waals surface area (Å²) in [6, 6.07) is 18.8. The van der Waals surface area contributed by atoms with Crippen LogP contribution in [0.15, 0.2) is 72.3 Å². The second kappa shape index (κ2) is 11.2. The summed E-state index contributed by atoms with van der Waals surface area (Å²) in [7, 11) is 0. The highest BCUT2D eigenvalue weighted by molar-refractivity contribution is 6.51. The number of hydrogen-bond donors (Lipinski definition) is 1. The molecule has 198 valence electrons. The Labute approximate surface area is 226 Å². The standard InChI is InChI=1S/C31H28N2O6/c1-5-38-26-14-11-22(16-25(26)18(2)3)29(35)27-28(21-7-6-8-24(15-21)39-19(4)34)33(31(37)30(27)36)23-12-9-20(17-32)10-13-23/h6-16,18,28,35H,5H2,1-4H3/b29-27+. The molecule has 8 nitrogen and oxygen atoms in total. The van der Waals surface area contributed by atoms with Crippen LogP contribution in [0.5, 0.6) is 11.5 Å². The van der Waals surface area contributed by atoms with Crippen molar-refractivity contribution in [3.05, 3.63) is 94.6 Å². The number of ketones is 1. The first-order chi connectivity index (χ1) is 18.7. The number of nitriles is 1. The maximum Gasteiger partial charge on any atom is 0.308 e. The van der Waals surface area contributed by atoms with Crippen LogP contribution >= 0.6 is 0 Å². The molecule has 1 heterocycles. The summed E-state index contributed by atoms with van der Waals surface area (Å²) < 4.78 is 11.0. The van der Waals surface area contributed by atoms with Gasteiger partial charge in [-0.15, -0.1) is 0 Å². The fourth-order valence-corrected chi connectivity index (χ4v) is 4.61. The number of esters is 1. The Bertz CT molecular complexity index is 1510. The summed E-state index contributed by atoms with van der Waals surface area (Å²) in [6.45, 7) is 7.61. The third kappa shape index (κ3) is 5.39. The van der Waals surface area contributed by atoms with Gasteiger partial charge in [0.1, 0.15) is 17.3 Å².